The summed E-state index contributed by atoms with van der Waals surface area (Å²) in [5, 5.41) is 2.95. The monoisotopic (exact) mass is 531 g/mol. The van der Waals surface area contributed by atoms with Crippen molar-refractivity contribution in [1.29, 1.82) is 0 Å². The molecule has 0 heterocycles. The number of amides is 2. The first-order chi connectivity index (χ1) is 17.5. The molecule has 2 aromatic rings. The van der Waals surface area contributed by atoms with Crippen molar-refractivity contribution in [1.82, 2.24) is 10.2 Å². The van der Waals surface area contributed by atoms with E-state index in [2.05, 4.69) is 5.32 Å². The maximum atomic E-state index is 13.5. The van der Waals surface area contributed by atoms with Gasteiger partial charge in [-0.1, -0.05) is 51.1 Å². The van der Waals surface area contributed by atoms with Crippen molar-refractivity contribution in [3.8, 4) is 5.75 Å². The molecule has 2 aromatic carbocycles. The molecule has 37 heavy (non-hydrogen) atoms. The molecule has 0 aliphatic rings. The number of carbonyl (C=O) groups is 2. The standard InChI is InChI=1S/C28H41N3O5S/c1-7-25(28(33)29-19-21(2)3)30(20-23-13-10-14-24(18-23)36-5)27(32)16-11-17-31(37(6,34)35)26-15-9-8-12-22(26)4/h8-10,12-15,18,21,25H,7,11,16-17,19-20H2,1-6H3,(H,29,33). The number of nitrogens with zero attached hydrogens (tertiary/aromatic N) is 2. The van der Waals surface area contributed by atoms with E-state index in [1.807, 2.05) is 64.1 Å². The number of hydrogen-bond acceptors (Lipinski definition) is 5. The zero-order valence-corrected chi connectivity index (χ0v) is 23.7. The van der Waals surface area contributed by atoms with Crippen LogP contribution in [0.3, 0.4) is 0 Å². The predicted octanol–water partition coefficient (Wildman–Crippen LogP) is 4.13. The molecule has 2 amide bonds. The molecule has 0 bridgehead atoms. The second-order valence-electron chi connectivity index (χ2n) is 9.66. The van der Waals surface area contributed by atoms with E-state index in [4.69, 9.17) is 4.74 Å². The molecule has 8 nitrogen and oxygen atoms in total. The van der Waals surface area contributed by atoms with Gasteiger partial charge in [-0.25, -0.2) is 8.42 Å². The van der Waals surface area contributed by atoms with Crippen molar-refractivity contribution < 1.29 is 22.7 Å². The van der Waals surface area contributed by atoms with Crippen LogP contribution in [0.15, 0.2) is 48.5 Å². The average molecular weight is 532 g/mol. The number of rotatable bonds is 14. The number of methoxy groups -OCH3 is 1. The van der Waals surface area contributed by atoms with Crippen molar-refractivity contribution in [2.45, 2.75) is 59.5 Å². The third-order valence-corrected chi connectivity index (χ3v) is 7.27. The molecular weight excluding hydrogens is 490 g/mol. The van der Waals surface area contributed by atoms with E-state index in [1.54, 1.807) is 24.1 Å². The highest BCUT2D eigenvalue weighted by Crippen LogP contribution is 2.23. The van der Waals surface area contributed by atoms with E-state index in [1.165, 1.54) is 10.6 Å². The molecule has 0 fully saturated rings. The number of carbonyl (C=O) groups excluding carboxylic acids is 2. The van der Waals surface area contributed by atoms with Gasteiger partial charge in [0.25, 0.3) is 0 Å². The van der Waals surface area contributed by atoms with Crippen LogP contribution in [0.25, 0.3) is 0 Å². The van der Waals surface area contributed by atoms with Crippen LogP contribution in [-0.4, -0.2) is 57.6 Å². The number of aryl methyl sites for hydroxylation is 1. The maximum absolute atomic E-state index is 13.5. The Labute approximate surface area is 222 Å². The predicted molar refractivity (Wildman–Crippen MR) is 148 cm³/mol. The van der Waals surface area contributed by atoms with Gasteiger partial charge in [0.15, 0.2) is 0 Å². The number of nitrogens with one attached hydrogen (secondary N) is 1. The number of hydrogen-bond donors (Lipinski definition) is 1. The smallest absolute Gasteiger partial charge is 0.242 e. The Balaban J connectivity index is 2.24. The molecule has 0 spiro atoms. The molecular formula is C28H41N3O5S. The van der Waals surface area contributed by atoms with Crippen molar-refractivity contribution >= 4 is 27.5 Å². The minimum absolute atomic E-state index is 0.107. The summed E-state index contributed by atoms with van der Waals surface area (Å²) in [6.07, 6.45) is 2.05. The first-order valence-electron chi connectivity index (χ1n) is 12.7. The first kappa shape index (κ1) is 30.2. The first-order valence-corrected chi connectivity index (χ1v) is 14.6. The van der Waals surface area contributed by atoms with Crippen LogP contribution >= 0.6 is 0 Å². The number of sulfonamides is 1. The molecule has 9 heteroatoms. The van der Waals surface area contributed by atoms with Gasteiger partial charge in [-0.2, -0.15) is 0 Å². The highest BCUT2D eigenvalue weighted by Gasteiger charge is 2.29. The minimum atomic E-state index is -3.53. The van der Waals surface area contributed by atoms with Crippen LogP contribution in [0, 0.1) is 12.8 Å². The number of benzene rings is 2. The van der Waals surface area contributed by atoms with Gasteiger partial charge >= 0.3 is 0 Å². The second-order valence-corrected chi connectivity index (χ2v) is 11.6. The van der Waals surface area contributed by atoms with Crippen LogP contribution in [0.4, 0.5) is 5.69 Å². The Kier molecular flexibility index (Phi) is 11.4. The molecule has 0 aliphatic carbocycles. The summed E-state index contributed by atoms with van der Waals surface area (Å²) < 4.78 is 31.7. The zero-order valence-electron chi connectivity index (χ0n) is 22.9. The minimum Gasteiger partial charge on any atom is -0.497 e. The van der Waals surface area contributed by atoms with Gasteiger partial charge in [-0.15, -0.1) is 0 Å². The number of anilines is 1. The average Bonchev–Trinajstić information content (AvgIpc) is 2.85. The van der Waals surface area contributed by atoms with Gasteiger partial charge in [0.1, 0.15) is 11.8 Å². The van der Waals surface area contributed by atoms with Crippen LogP contribution in [0.2, 0.25) is 0 Å². The van der Waals surface area contributed by atoms with Crippen LogP contribution in [-0.2, 0) is 26.2 Å². The van der Waals surface area contributed by atoms with E-state index in [0.717, 1.165) is 11.1 Å². The lowest BCUT2D eigenvalue weighted by atomic mass is 10.1. The lowest BCUT2D eigenvalue weighted by molar-refractivity contribution is -0.141. The van der Waals surface area contributed by atoms with Gasteiger partial charge < -0.3 is 15.0 Å². The van der Waals surface area contributed by atoms with E-state index < -0.39 is 16.1 Å². The lowest BCUT2D eigenvalue weighted by Crippen LogP contribution is -2.49. The lowest BCUT2D eigenvalue weighted by Gasteiger charge is -2.31. The molecule has 1 atom stereocenters. The summed E-state index contributed by atoms with van der Waals surface area (Å²) in [6.45, 7) is 8.71. The Morgan fingerprint density at radius 2 is 1.78 bits per heavy atom. The molecule has 0 aliphatic heterocycles. The van der Waals surface area contributed by atoms with Gasteiger partial charge in [0.05, 0.1) is 19.1 Å². The fraction of sp³-hybridized carbons (Fsp3) is 0.500. The summed E-state index contributed by atoms with van der Waals surface area (Å²) >= 11 is 0. The molecule has 0 radical (unpaired) electrons. The Hall–Kier alpha value is -3.07. The fourth-order valence-electron chi connectivity index (χ4n) is 4.14. The Bertz CT molecular complexity index is 1150. The molecule has 1 N–H and O–H groups in total. The Morgan fingerprint density at radius 1 is 1.08 bits per heavy atom. The molecule has 0 saturated heterocycles. The largest absolute Gasteiger partial charge is 0.497 e. The third kappa shape index (κ3) is 9.07. The normalized spacial score (nSPS) is 12.2. The molecule has 0 aromatic heterocycles. The van der Waals surface area contributed by atoms with Gasteiger partial charge in [-0.3, -0.25) is 13.9 Å². The molecule has 204 valence electrons. The quantitative estimate of drug-likeness (QED) is 0.396. The van der Waals surface area contributed by atoms with Crippen molar-refractivity contribution in [2.24, 2.45) is 5.92 Å². The van der Waals surface area contributed by atoms with Crippen LogP contribution in [0.1, 0.15) is 51.2 Å². The van der Waals surface area contributed by atoms with Crippen molar-refractivity contribution in [3.05, 3.63) is 59.7 Å². The molecule has 2 rings (SSSR count). The third-order valence-electron chi connectivity index (χ3n) is 6.09. The van der Waals surface area contributed by atoms with E-state index in [9.17, 15) is 18.0 Å². The van der Waals surface area contributed by atoms with Crippen LogP contribution in [0.5, 0.6) is 5.75 Å². The highest BCUT2D eigenvalue weighted by molar-refractivity contribution is 7.92. The van der Waals surface area contributed by atoms with E-state index >= 15 is 0 Å². The fourth-order valence-corrected chi connectivity index (χ4v) is 5.16. The van der Waals surface area contributed by atoms with Gasteiger partial charge in [0, 0.05) is 26.1 Å². The number of para-hydroxylation sites is 1. The topological polar surface area (TPSA) is 96.0 Å². The molecule has 1 unspecified atom stereocenters. The zero-order chi connectivity index (χ0) is 27.6. The summed E-state index contributed by atoms with van der Waals surface area (Å²) in [6, 6.07) is 14.1. The summed E-state index contributed by atoms with van der Waals surface area (Å²) in [7, 11) is -1.95. The number of ether oxygens (including phenoxy) is 1. The Morgan fingerprint density at radius 3 is 2.38 bits per heavy atom. The van der Waals surface area contributed by atoms with Crippen molar-refractivity contribution in [2.75, 3.05) is 30.8 Å². The highest BCUT2D eigenvalue weighted by atomic mass is 32.2. The second kappa shape index (κ2) is 14.0. The SMILES string of the molecule is CCC(C(=O)NCC(C)C)N(Cc1cccc(OC)c1)C(=O)CCCN(c1ccccc1C)S(C)(=O)=O. The van der Waals surface area contributed by atoms with Gasteiger partial charge in [0.2, 0.25) is 21.8 Å². The van der Waals surface area contributed by atoms with Crippen molar-refractivity contribution in [3.63, 3.8) is 0 Å². The van der Waals surface area contributed by atoms with E-state index in [0.29, 0.717) is 30.8 Å². The summed E-state index contributed by atoms with van der Waals surface area (Å²) in [5.74, 6) is 0.564. The van der Waals surface area contributed by atoms with Gasteiger partial charge in [-0.05, 0) is 55.0 Å². The van der Waals surface area contributed by atoms with E-state index in [-0.39, 0.29) is 37.2 Å². The van der Waals surface area contributed by atoms with Crippen LogP contribution < -0.4 is 14.4 Å². The maximum Gasteiger partial charge on any atom is 0.242 e. The molecule has 0 saturated carbocycles. The summed E-state index contributed by atoms with van der Waals surface area (Å²) in [5.41, 5.74) is 2.29. The summed E-state index contributed by atoms with van der Waals surface area (Å²) in [4.78, 5) is 28.2.